The Hall–Kier alpha value is -0.600. The molecular weight excluding hydrogens is 190 g/mol. The molecule has 0 rings (SSSR count). The SMILES string of the molecule is CCCCCCC(CC(C)C)C[N+](=O)[O-]. The van der Waals surface area contributed by atoms with Crippen molar-refractivity contribution in [2.45, 2.75) is 59.3 Å². The smallest absolute Gasteiger partial charge is 0.206 e. The Morgan fingerprint density at radius 2 is 1.87 bits per heavy atom. The molecule has 0 N–H and O–H groups in total. The molecule has 0 amide bonds. The highest BCUT2D eigenvalue weighted by atomic mass is 16.6. The van der Waals surface area contributed by atoms with E-state index in [0.29, 0.717) is 5.92 Å². The summed E-state index contributed by atoms with van der Waals surface area (Å²) in [5, 5.41) is 10.5. The minimum Gasteiger partial charge on any atom is -0.265 e. The lowest BCUT2D eigenvalue weighted by atomic mass is 9.92. The highest BCUT2D eigenvalue weighted by Crippen LogP contribution is 2.19. The maximum atomic E-state index is 10.5. The molecule has 0 aromatic rings. The molecule has 0 aliphatic heterocycles. The van der Waals surface area contributed by atoms with Crippen molar-refractivity contribution in [3.8, 4) is 0 Å². The van der Waals surface area contributed by atoms with E-state index in [2.05, 4.69) is 20.8 Å². The van der Waals surface area contributed by atoms with Crippen LogP contribution in [0.15, 0.2) is 0 Å². The van der Waals surface area contributed by atoms with Gasteiger partial charge in [0.25, 0.3) is 0 Å². The van der Waals surface area contributed by atoms with E-state index in [0.717, 1.165) is 19.3 Å². The van der Waals surface area contributed by atoms with E-state index < -0.39 is 0 Å². The standard InChI is InChI=1S/C12H25NO2/c1-4-5-6-7-8-12(9-11(2)3)10-13(14)15/h11-12H,4-10H2,1-3H3. The third-order valence-corrected chi connectivity index (χ3v) is 2.68. The van der Waals surface area contributed by atoms with Gasteiger partial charge in [-0.25, -0.2) is 0 Å². The number of nitrogens with zero attached hydrogens (tertiary/aromatic N) is 1. The summed E-state index contributed by atoms with van der Waals surface area (Å²) >= 11 is 0. The summed E-state index contributed by atoms with van der Waals surface area (Å²) in [5.41, 5.74) is 0. The summed E-state index contributed by atoms with van der Waals surface area (Å²) in [7, 11) is 0. The molecule has 1 unspecified atom stereocenters. The molecule has 0 aromatic carbocycles. The molecule has 1 atom stereocenters. The monoisotopic (exact) mass is 215 g/mol. The lowest BCUT2D eigenvalue weighted by Gasteiger charge is -2.14. The Morgan fingerprint density at radius 3 is 2.33 bits per heavy atom. The fraction of sp³-hybridized carbons (Fsp3) is 1.00. The maximum Gasteiger partial charge on any atom is 0.206 e. The predicted molar refractivity (Wildman–Crippen MR) is 63.6 cm³/mol. The van der Waals surface area contributed by atoms with Crippen molar-refractivity contribution in [3.05, 3.63) is 10.1 Å². The molecule has 0 heterocycles. The minimum atomic E-state index is -0.160. The van der Waals surface area contributed by atoms with Crippen LogP contribution < -0.4 is 0 Å². The van der Waals surface area contributed by atoms with Crippen LogP contribution in [0.3, 0.4) is 0 Å². The number of rotatable bonds is 9. The van der Waals surface area contributed by atoms with Crippen LogP contribution in [-0.2, 0) is 0 Å². The first kappa shape index (κ1) is 14.4. The molecule has 0 radical (unpaired) electrons. The van der Waals surface area contributed by atoms with Gasteiger partial charge in [0, 0.05) is 10.8 Å². The van der Waals surface area contributed by atoms with Crippen LogP contribution in [0.25, 0.3) is 0 Å². The zero-order valence-corrected chi connectivity index (χ0v) is 10.4. The van der Waals surface area contributed by atoms with Gasteiger partial charge in [-0.1, -0.05) is 46.5 Å². The van der Waals surface area contributed by atoms with Crippen molar-refractivity contribution in [2.75, 3.05) is 6.54 Å². The number of nitro groups is 1. The predicted octanol–water partition coefficient (Wildman–Crippen LogP) is 3.90. The molecule has 0 fully saturated rings. The fourth-order valence-corrected chi connectivity index (χ4v) is 2.02. The Bertz CT molecular complexity index is 169. The molecule has 0 aliphatic carbocycles. The van der Waals surface area contributed by atoms with Crippen molar-refractivity contribution < 1.29 is 4.92 Å². The van der Waals surface area contributed by atoms with E-state index in [1.165, 1.54) is 19.3 Å². The van der Waals surface area contributed by atoms with Crippen LogP contribution in [-0.4, -0.2) is 11.5 Å². The molecule has 0 aliphatic rings. The van der Waals surface area contributed by atoms with Crippen LogP contribution in [0.1, 0.15) is 59.3 Å². The average Bonchev–Trinajstić information content (AvgIpc) is 2.10. The molecular formula is C12H25NO2. The second kappa shape index (κ2) is 8.69. The maximum absolute atomic E-state index is 10.5. The third kappa shape index (κ3) is 9.70. The second-order valence-electron chi connectivity index (χ2n) is 4.86. The molecule has 0 bridgehead atoms. The summed E-state index contributed by atoms with van der Waals surface area (Å²) < 4.78 is 0. The number of unbranched alkanes of at least 4 members (excludes halogenated alkanes) is 3. The first-order chi connectivity index (χ1) is 7.06. The lowest BCUT2D eigenvalue weighted by Crippen LogP contribution is -2.16. The summed E-state index contributed by atoms with van der Waals surface area (Å²) in [6, 6.07) is 0. The molecule has 3 heteroatoms. The van der Waals surface area contributed by atoms with Crippen molar-refractivity contribution in [2.24, 2.45) is 11.8 Å². The van der Waals surface area contributed by atoms with E-state index in [4.69, 9.17) is 0 Å². The highest BCUT2D eigenvalue weighted by Gasteiger charge is 2.16. The van der Waals surface area contributed by atoms with Gasteiger partial charge in [-0.3, -0.25) is 10.1 Å². The van der Waals surface area contributed by atoms with Crippen molar-refractivity contribution >= 4 is 0 Å². The fourth-order valence-electron chi connectivity index (χ4n) is 2.02. The number of hydrogen-bond donors (Lipinski definition) is 0. The Balaban J connectivity index is 3.74. The first-order valence-electron chi connectivity index (χ1n) is 6.18. The zero-order valence-electron chi connectivity index (χ0n) is 10.4. The van der Waals surface area contributed by atoms with Crippen LogP contribution in [0.4, 0.5) is 0 Å². The first-order valence-corrected chi connectivity index (χ1v) is 6.18. The summed E-state index contributed by atoms with van der Waals surface area (Å²) in [5.74, 6) is 0.859. The lowest BCUT2D eigenvalue weighted by molar-refractivity contribution is -0.488. The van der Waals surface area contributed by atoms with Gasteiger partial charge in [0.15, 0.2) is 0 Å². The minimum absolute atomic E-state index is 0.157. The summed E-state index contributed by atoms with van der Waals surface area (Å²) in [6.07, 6.45) is 6.88. The second-order valence-corrected chi connectivity index (χ2v) is 4.86. The van der Waals surface area contributed by atoms with Gasteiger partial charge >= 0.3 is 0 Å². The molecule has 0 saturated heterocycles. The molecule has 90 valence electrons. The van der Waals surface area contributed by atoms with Gasteiger partial charge in [0.05, 0.1) is 0 Å². The highest BCUT2D eigenvalue weighted by molar-refractivity contribution is 4.61. The van der Waals surface area contributed by atoms with Crippen LogP contribution in [0.5, 0.6) is 0 Å². The zero-order chi connectivity index (χ0) is 11.7. The summed E-state index contributed by atoms with van der Waals surface area (Å²) in [4.78, 5) is 10.3. The van der Waals surface area contributed by atoms with Crippen molar-refractivity contribution in [3.63, 3.8) is 0 Å². The van der Waals surface area contributed by atoms with E-state index in [9.17, 15) is 10.1 Å². The largest absolute Gasteiger partial charge is 0.265 e. The molecule has 0 aromatic heterocycles. The van der Waals surface area contributed by atoms with Crippen LogP contribution >= 0.6 is 0 Å². The number of hydrogen-bond acceptors (Lipinski definition) is 2. The summed E-state index contributed by atoms with van der Waals surface area (Å²) in [6.45, 7) is 6.62. The van der Waals surface area contributed by atoms with Crippen molar-refractivity contribution in [1.29, 1.82) is 0 Å². The van der Waals surface area contributed by atoms with E-state index in [1.54, 1.807) is 0 Å². The van der Waals surface area contributed by atoms with Crippen LogP contribution in [0.2, 0.25) is 0 Å². The Kier molecular flexibility index (Phi) is 8.34. The van der Waals surface area contributed by atoms with Gasteiger partial charge < -0.3 is 0 Å². The van der Waals surface area contributed by atoms with Crippen molar-refractivity contribution in [1.82, 2.24) is 0 Å². The van der Waals surface area contributed by atoms with Gasteiger partial charge in [-0.2, -0.15) is 0 Å². The van der Waals surface area contributed by atoms with E-state index in [1.807, 2.05) is 0 Å². The average molecular weight is 215 g/mol. The van der Waals surface area contributed by atoms with Gasteiger partial charge in [-0.05, 0) is 18.8 Å². The van der Waals surface area contributed by atoms with Gasteiger partial charge in [0.2, 0.25) is 6.54 Å². The Morgan fingerprint density at radius 1 is 1.20 bits per heavy atom. The van der Waals surface area contributed by atoms with Gasteiger partial charge in [-0.15, -0.1) is 0 Å². The third-order valence-electron chi connectivity index (χ3n) is 2.68. The normalized spacial score (nSPS) is 13.1. The van der Waals surface area contributed by atoms with Crippen LogP contribution in [0, 0.1) is 22.0 Å². The molecule has 3 nitrogen and oxygen atoms in total. The van der Waals surface area contributed by atoms with E-state index in [-0.39, 0.29) is 17.4 Å². The Labute approximate surface area is 93.4 Å². The quantitative estimate of drug-likeness (QED) is 0.332. The molecule has 0 spiro atoms. The topological polar surface area (TPSA) is 43.1 Å². The molecule has 0 saturated carbocycles. The van der Waals surface area contributed by atoms with E-state index >= 15 is 0 Å². The van der Waals surface area contributed by atoms with Gasteiger partial charge in [0.1, 0.15) is 0 Å². The molecule has 15 heavy (non-hydrogen) atoms.